The van der Waals surface area contributed by atoms with E-state index >= 15 is 0 Å². The number of aryl methyl sites for hydroxylation is 1. The average Bonchev–Trinajstić information content (AvgIpc) is 2.62. The number of hydrogen-bond acceptors (Lipinski definition) is 7. The molecule has 0 spiro atoms. The van der Waals surface area contributed by atoms with Gasteiger partial charge in [-0.25, -0.2) is 9.97 Å². The fourth-order valence-electron chi connectivity index (χ4n) is 3.01. The zero-order chi connectivity index (χ0) is 17.8. The van der Waals surface area contributed by atoms with E-state index in [1.54, 1.807) is 6.20 Å². The third-order valence-electron chi connectivity index (χ3n) is 4.25. The topological polar surface area (TPSA) is 81.0 Å². The molecule has 1 unspecified atom stereocenters. The number of pyridine rings is 1. The Hall–Kier alpha value is -2.88. The molecule has 1 saturated heterocycles. The van der Waals surface area contributed by atoms with Gasteiger partial charge in [-0.15, -0.1) is 0 Å². The molecule has 0 saturated carbocycles. The largest absolute Gasteiger partial charge is 0.365 e. The highest BCUT2D eigenvalue weighted by Gasteiger charge is 2.23. The van der Waals surface area contributed by atoms with E-state index in [1.807, 2.05) is 44.1 Å². The quantitative estimate of drug-likeness (QED) is 0.916. The molecular formula is C18H23N7. The highest BCUT2D eigenvalue weighted by Crippen LogP contribution is 2.23. The van der Waals surface area contributed by atoms with Crippen LogP contribution in [0.15, 0.2) is 24.4 Å². The van der Waals surface area contributed by atoms with Gasteiger partial charge in [-0.3, -0.25) is 0 Å². The molecule has 0 radical (unpaired) electrons. The normalized spacial score (nSPS) is 17.0. The fraction of sp³-hybridized carbons (Fsp3) is 0.444. The molecule has 7 heteroatoms. The standard InChI is InChI=1S/C18H23N7/c1-13-6-7-14(11-19)17(21-13)25-10-4-5-15(12-25)22-16-8-9-20-18(23-16)24(2)3/h6-9,15H,4-5,10,12H2,1-3H3,(H,20,22,23). The second-order valence-electron chi connectivity index (χ2n) is 6.50. The Morgan fingerprint density at radius 2 is 2.12 bits per heavy atom. The summed E-state index contributed by atoms with van der Waals surface area (Å²) in [6, 6.07) is 8.13. The van der Waals surface area contributed by atoms with Crippen LogP contribution in [0.4, 0.5) is 17.6 Å². The van der Waals surface area contributed by atoms with Crippen LogP contribution >= 0.6 is 0 Å². The Morgan fingerprint density at radius 3 is 2.88 bits per heavy atom. The number of aromatic nitrogens is 3. The molecule has 1 N–H and O–H groups in total. The first-order chi connectivity index (χ1) is 12.1. The lowest BCUT2D eigenvalue weighted by molar-refractivity contribution is 0.525. The van der Waals surface area contributed by atoms with Crippen molar-refractivity contribution in [1.82, 2.24) is 15.0 Å². The molecular weight excluding hydrogens is 314 g/mol. The van der Waals surface area contributed by atoms with E-state index in [9.17, 15) is 5.26 Å². The molecule has 130 valence electrons. The monoisotopic (exact) mass is 337 g/mol. The van der Waals surface area contributed by atoms with Crippen molar-refractivity contribution in [2.24, 2.45) is 0 Å². The van der Waals surface area contributed by atoms with Crippen molar-refractivity contribution in [2.75, 3.05) is 42.3 Å². The smallest absolute Gasteiger partial charge is 0.226 e. The summed E-state index contributed by atoms with van der Waals surface area (Å²) in [4.78, 5) is 17.4. The Labute approximate surface area is 148 Å². The van der Waals surface area contributed by atoms with E-state index in [0.717, 1.165) is 43.3 Å². The molecule has 0 amide bonds. The number of hydrogen-bond donors (Lipinski definition) is 1. The van der Waals surface area contributed by atoms with Gasteiger partial charge in [0.15, 0.2) is 0 Å². The summed E-state index contributed by atoms with van der Waals surface area (Å²) in [5.41, 5.74) is 1.55. The Kier molecular flexibility index (Phi) is 4.98. The highest BCUT2D eigenvalue weighted by molar-refractivity contribution is 5.55. The van der Waals surface area contributed by atoms with E-state index in [0.29, 0.717) is 11.5 Å². The maximum absolute atomic E-state index is 9.37. The van der Waals surface area contributed by atoms with Gasteiger partial charge in [0.2, 0.25) is 5.95 Å². The molecule has 3 heterocycles. The minimum Gasteiger partial charge on any atom is -0.365 e. The van der Waals surface area contributed by atoms with Gasteiger partial charge < -0.3 is 15.1 Å². The van der Waals surface area contributed by atoms with Crippen LogP contribution in [0.1, 0.15) is 24.1 Å². The van der Waals surface area contributed by atoms with Crippen molar-refractivity contribution in [2.45, 2.75) is 25.8 Å². The lowest BCUT2D eigenvalue weighted by atomic mass is 10.0. The molecule has 0 aliphatic carbocycles. The Bertz CT molecular complexity index is 781. The highest BCUT2D eigenvalue weighted by atomic mass is 15.2. The zero-order valence-electron chi connectivity index (χ0n) is 14.9. The van der Waals surface area contributed by atoms with Crippen molar-refractivity contribution < 1.29 is 0 Å². The van der Waals surface area contributed by atoms with Gasteiger partial charge in [-0.05, 0) is 38.0 Å². The van der Waals surface area contributed by atoms with Crippen molar-refractivity contribution in [1.29, 1.82) is 5.26 Å². The van der Waals surface area contributed by atoms with E-state index in [4.69, 9.17) is 0 Å². The van der Waals surface area contributed by atoms with Crippen LogP contribution in [-0.4, -0.2) is 48.2 Å². The van der Waals surface area contributed by atoms with Gasteiger partial charge in [0, 0.05) is 45.1 Å². The average molecular weight is 337 g/mol. The number of nitrogens with one attached hydrogen (secondary N) is 1. The first kappa shape index (κ1) is 17.0. The maximum atomic E-state index is 9.37. The van der Waals surface area contributed by atoms with E-state index < -0.39 is 0 Å². The second-order valence-corrected chi connectivity index (χ2v) is 6.50. The van der Waals surface area contributed by atoms with Gasteiger partial charge >= 0.3 is 0 Å². The molecule has 7 nitrogen and oxygen atoms in total. The first-order valence-corrected chi connectivity index (χ1v) is 8.46. The lowest BCUT2D eigenvalue weighted by Gasteiger charge is -2.34. The van der Waals surface area contributed by atoms with Crippen LogP contribution in [-0.2, 0) is 0 Å². The first-order valence-electron chi connectivity index (χ1n) is 8.46. The lowest BCUT2D eigenvalue weighted by Crippen LogP contribution is -2.43. The van der Waals surface area contributed by atoms with Crippen LogP contribution in [0, 0.1) is 18.3 Å². The molecule has 0 bridgehead atoms. The summed E-state index contributed by atoms with van der Waals surface area (Å²) in [5.74, 6) is 2.29. The van der Waals surface area contributed by atoms with Crippen LogP contribution in [0.5, 0.6) is 0 Å². The predicted octanol–water partition coefficient (Wildman–Crippen LogP) is 2.20. The van der Waals surface area contributed by atoms with Gasteiger partial charge in [-0.1, -0.05) is 0 Å². The van der Waals surface area contributed by atoms with Crippen LogP contribution in [0.2, 0.25) is 0 Å². The third kappa shape index (κ3) is 3.97. The number of nitriles is 1. The molecule has 1 aliphatic rings. The number of nitrogens with zero attached hydrogens (tertiary/aromatic N) is 6. The van der Waals surface area contributed by atoms with Gasteiger partial charge in [-0.2, -0.15) is 10.2 Å². The molecule has 2 aromatic rings. The van der Waals surface area contributed by atoms with Crippen molar-refractivity contribution in [3.63, 3.8) is 0 Å². The van der Waals surface area contributed by atoms with E-state index in [-0.39, 0.29) is 6.04 Å². The summed E-state index contributed by atoms with van der Waals surface area (Å²) >= 11 is 0. The summed E-state index contributed by atoms with van der Waals surface area (Å²) in [6.45, 7) is 3.66. The number of anilines is 3. The van der Waals surface area contributed by atoms with Crippen molar-refractivity contribution >= 4 is 17.6 Å². The predicted molar refractivity (Wildman–Crippen MR) is 98.9 cm³/mol. The number of rotatable bonds is 4. The van der Waals surface area contributed by atoms with Gasteiger partial charge in [0.1, 0.15) is 17.7 Å². The minimum atomic E-state index is 0.257. The molecule has 1 fully saturated rings. The molecule has 3 rings (SSSR count). The zero-order valence-corrected chi connectivity index (χ0v) is 14.9. The van der Waals surface area contributed by atoms with Crippen LogP contribution in [0.3, 0.4) is 0 Å². The van der Waals surface area contributed by atoms with Crippen molar-refractivity contribution in [3.8, 4) is 6.07 Å². The molecule has 0 aromatic carbocycles. The second kappa shape index (κ2) is 7.34. The third-order valence-corrected chi connectivity index (χ3v) is 4.25. The van der Waals surface area contributed by atoms with Crippen molar-refractivity contribution in [3.05, 3.63) is 35.7 Å². The summed E-state index contributed by atoms with van der Waals surface area (Å²) < 4.78 is 0. The van der Waals surface area contributed by atoms with Gasteiger partial charge in [0.25, 0.3) is 0 Å². The molecule has 2 aromatic heterocycles. The summed E-state index contributed by atoms with van der Waals surface area (Å²) in [7, 11) is 3.85. The maximum Gasteiger partial charge on any atom is 0.226 e. The summed E-state index contributed by atoms with van der Waals surface area (Å²) in [5, 5.41) is 12.9. The van der Waals surface area contributed by atoms with E-state index in [1.165, 1.54) is 0 Å². The fourth-order valence-corrected chi connectivity index (χ4v) is 3.01. The SMILES string of the molecule is Cc1ccc(C#N)c(N2CCCC(Nc3ccnc(N(C)C)n3)C2)n1. The van der Waals surface area contributed by atoms with Crippen LogP contribution < -0.4 is 15.1 Å². The minimum absolute atomic E-state index is 0.257. The number of piperidine rings is 1. The summed E-state index contributed by atoms with van der Waals surface area (Å²) in [6.07, 6.45) is 3.87. The van der Waals surface area contributed by atoms with Crippen LogP contribution in [0.25, 0.3) is 0 Å². The molecule has 1 aliphatic heterocycles. The molecule has 1 atom stereocenters. The Morgan fingerprint density at radius 1 is 1.28 bits per heavy atom. The van der Waals surface area contributed by atoms with E-state index in [2.05, 4.69) is 31.2 Å². The Balaban J connectivity index is 1.75. The molecule has 25 heavy (non-hydrogen) atoms. The van der Waals surface area contributed by atoms with Gasteiger partial charge in [0.05, 0.1) is 5.56 Å².